The minimum Gasteiger partial charge on any atom is -0.323 e. The van der Waals surface area contributed by atoms with Gasteiger partial charge in [-0.05, 0) is 43.8 Å². The summed E-state index contributed by atoms with van der Waals surface area (Å²) in [6.45, 7) is 4.12. The van der Waals surface area contributed by atoms with E-state index in [1.165, 1.54) is 12.3 Å². The lowest BCUT2D eigenvalue weighted by Crippen LogP contribution is -2.34. The van der Waals surface area contributed by atoms with Crippen LogP contribution in [-0.2, 0) is 4.79 Å². The fraction of sp³-hybridized carbons (Fsp3) is 0.571. The van der Waals surface area contributed by atoms with Crippen molar-refractivity contribution in [3.8, 4) is 0 Å². The number of nitrogens with one attached hydrogen (secondary N) is 2. The highest BCUT2D eigenvalue weighted by molar-refractivity contribution is 5.90. The van der Waals surface area contributed by atoms with E-state index in [0.29, 0.717) is 18.3 Å². The Bertz CT molecular complexity index is 432. The van der Waals surface area contributed by atoms with Gasteiger partial charge in [0.2, 0.25) is 5.91 Å². The highest BCUT2D eigenvalue weighted by Crippen LogP contribution is 2.23. The molecular weight excluding hydrogens is 245 g/mol. The van der Waals surface area contributed by atoms with Gasteiger partial charge in [-0.1, -0.05) is 6.92 Å². The van der Waals surface area contributed by atoms with Crippen molar-refractivity contribution in [3.05, 3.63) is 24.3 Å². The maximum Gasteiger partial charge on any atom is 0.224 e. The van der Waals surface area contributed by atoms with Crippen molar-refractivity contribution in [3.63, 3.8) is 0 Å². The van der Waals surface area contributed by atoms with E-state index in [1.54, 1.807) is 0 Å². The SMILES string of the molecule is CC(CC(=O)Nc1ccncc1F)C1CCCNC1. The van der Waals surface area contributed by atoms with Gasteiger partial charge in [-0.2, -0.15) is 0 Å². The third kappa shape index (κ3) is 3.99. The fourth-order valence-electron chi connectivity index (χ4n) is 2.50. The highest BCUT2D eigenvalue weighted by Gasteiger charge is 2.22. The third-order valence-electron chi connectivity index (χ3n) is 3.69. The van der Waals surface area contributed by atoms with Gasteiger partial charge in [0.1, 0.15) is 0 Å². The molecule has 2 rings (SSSR count). The van der Waals surface area contributed by atoms with Gasteiger partial charge in [-0.15, -0.1) is 0 Å². The molecule has 1 aliphatic heterocycles. The van der Waals surface area contributed by atoms with Crippen LogP contribution in [0.1, 0.15) is 26.2 Å². The molecule has 1 aromatic heterocycles. The normalized spacial score (nSPS) is 20.8. The molecule has 1 amide bonds. The molecule has 2 N–H and O–H groups in total. The molecule has 4 nitrogen and oxygen atoms in total. The Hall–Kier alpha value is -1.49. The molecule has 2 atom stereocenters. The van der Waals surface area contributed by atoms with E-state index in [-0.39, 0.29) is 11.6 Å². The van der Waals surface area contributed by atoms with Crippen LogP contribution in [-0.4, -0.2) is 24.0 Å². The first-order chi connectivity index (χ1) is 9.16. The number of nitrogens with zero attached hydrogens (tertiary/aromatic N) is 1. The number of hydrogen-bond donors (Lipinski definition) is 2. The number of hydrogen-bond acceptors (Lipinski definition) is 3. The average molecular weight is 265 g/mol. The number of amides is 1. The number of anilines is 1. The first-order valence-corrected chi connectivity index (χ1v) is 6.77. The number of rotatable bonds is 4. The molecule has 0 spiro atoms. The Labute approximate surface area is 112 Å². The van der Waals surface area contributed by atoms with Gasteiger partial charge in [-0.25, -0.2) is 4.39 Å². The topological polar surface area (TPSA) is 54.0 Å². The molecule has 5 heteroatoms. The van der Waals surface area contributed by atoms with Crippen molar-refractivity contribution in [2.45, 2.75) is 26.2 Å². The Kier molecular flexibility index (Phi) is 4.85. The van der Waals surface area contributed by atoms with Gasteiger partial charge >= 0.3 is 0 Å². The summed E-state index contributed by atoms with van der Waals surface area (Å²) in [5.41, 5.74) is 0.203. The van der Waals surface area contributed by atoms with Crippen molar-refractivity contribution in [1.82, 2.24) is 10.3 Å². The van der Waals surface area contributed by atoms with Gasteiger partial charge in [0.15, 0.2) is 5.82 Å². The van der Waals surface area contributed by atoms with Crippen LogP contribution >= 0.6 is 0 Å². The smallest absolute Gasteiger partial charge is 0.224 e. The van der Waals surface area contributed by atoms with Crippen LogP contribution < -0.4 is 10.6 Å². The Morgan fingerprint density at radius 3 is 3.21 bits per heavy atom. The molecule has 1 aromatic rings. The Morgan fingerprint density at radius 1 is 1.68 bits per heavy atom. The van der Waals surface area contributed by atoms with Crippen molar-refractivity contribution >= 4 is 11.6 Å². The van der Waals surface area contributed by atoms with E-state index in [4.69, 9.17) is 0 Å². The van der Waals surface area contributed by atoms with Gasteiger partial charge < -0.3 is 10.6 Å². The van der Waals surface area contributed by atoms with Gasteiger partial charge in [-0.3, -0.25) is 9.78 Å². The van der Waals surface area contributed by atoms with Crippen molar-refractivity contribution < 1.29 is 9.18 Å². The van der Waals surface area contributed by atoms with Crippen molar-refractivity contribution in [2.75, 3.05) is 18.4 Å². The fourth-order valence-corrected chi connectivity index (χ4v) is 2.50. The summed E-state index contributed by atoms with van der Waals surface area (Å²) in [5, 5.41) is 5.95. The largest absolute Gasteiger partial charge is 0.323 e. The molecule has 2 heterocycles. The van der Waals surface area contributed by atoms with E-state index in [2.05, 4.69) is 22.5 Å². The predicted octanol–water partition coefficient (Wildman–Crippen LogP) is 2.18. The molecule has 1 saturated heterocycles. The number of pyridine rings is 1. The minimum absolute atomic E-state index is 0.136. The summed E-state index contributed by atoms with van der Waals surface area (Å²) in [5.74, 6) is 0.200. The lowest BCUT2D eigenvalue weighted by molar-refractivity contribution is -0.117. The molecule has 0 aromatic carbocycles. The monoisotopic (exact) mass is 265 g/mol. The molecule has 19 heavy (non-hydrogen) atoms. The predicted molar refractivity (Wildman–Crippen MR) is 72.2 cm³/mol. The number of halogens is 1. The number of carbonyl (C=O) groups excluding carboxylic acids is 1. The van der Waals surface area contributed by atoms with Crippen LogP contribution in [0.3, 0.4) is 0 Å². The maximum atomic E-state index is 13.4. The molecule has 2 unspecified atom stereocenters. The first kappa shape index (κ1) is 13.9. The van der Waals surface area contributed by atoms with Crippen molar-refractivity contribution in [1.29, 1.82) is 0 Å². The second-order valence-electron chi connectivity index (χ2n) is 5.19. The van der Waals surface area contributed by atoms with Crippen LogP contribution in [0.4, 0.5) is 10.1 Å². The Balaban J connectivity index is 1.85. The highest BCUT2D eigenvalue weighted by atomic mass is 19.1. The zero-order valence-corrected chi connectivity index (χ0v) is 11.2. The quantitative estimate of drug-likeness (QED) is 0.877. The third-order valence-corrected chi connectivity index (χ3v) is 3.69. The zero-order chi connectivity index (χ0) is 13.7. The summed E-state index contributed by atoms with van der Waals surface area (Å²) in [4.78, 5) is 15.6. The molecule has 1 fully saturated rings. The molecule has 104 valence electrons. The number of carbonyl (C=O) groups is 1. The zero-order valence-electron chi connectivity index (χ0n) is 11.2. The molecule has 0 bridgehead atoms. The lowest BCUT2D eigenvalue weighted by Gasteiger charge is -2.28. The van der Waals surface area contributed by atoms with E-state index >= 15 is 0 Å². The minimum atomic E-state index is -0.497. The van der Waals surface area contributed by atoms with Gasteiger partial charge in [0.05, 0.1) is 11.9 Å². The van der Waals surface area contributed by atoms with E-state index in [9.17, 15) is 9.18 Å². The van der Waals surface area contributed by atoms with Crippen molar-refractivity contribution in [2.24, 2.45) is 11.8 Å². The van der Waals surface area contributed by atoms with E-state index in [0.717, 1.165) is 32.1 Å². The van der Waals surface area contributed by atoms with Gasteiger partial charge in [0.25, 0.3) is 0 Å². The van der Waals surface area contributed by atoms with Crippen LogP contribution in [0.25, 0.3) is 0 Å². The van der Waals surface area contributed by atoms with Crippen LogP contribution in [0.5, 0.6) is 0 Å². The number of aromatic nitrogens is 1. The maximum absolute atomic E-state index is 13.4. The standard InChI is InChI=1S/C14H20FN3O/c1-10(11-3-2-5-16-8-11)7-14(19)18-13-4-6-17-9-12(13)15/h4,6,9-11,16H,2-3,5,7-8H2,1H3,(H,17,18,19). The number of piperidine rings is 1. The van der Waals surface area contributed by atoms with Crippen LogP contribution in [0.2, 0.25) is 0 Å². The molecule has 0 saturated carbocycles. The second kappa shape index (κ2) is 6.61. The Morgan fingerprint density at radius 2 is 2.53 bits per heavy atom. The molecule has 1 aliphatic rings. The summed E-state index contributed by atoms with van der Waals surface area (Å²) in [6, 6.07) is 1.47. The summed E-state index contributed by atoms with van der Waals surface area (Å²) in [7, 11) is 0. The molecular formula is C14H20FN3O. The second-order valence-corrected chi connectivity index (χ2v) is 5.19. The molecule has 0 radical (unpaired) electrons. The van der Waals surface area contributed by atoms with E-state index < -0.39 is 5.82 Å². The van der Waals surface area contributed by atoms with E-state index in [1.807, 2.05) is 0 Å². The van der Waals surface area contributed by atoms with Gasteiger partial charge in [0, 0.05) is 12.6 Å². The average Bonchev–Trinajstić information content (AvgIpc) is 2.42. The summed E-state index contributed by atoms with van der Waals surface area (Å²) in [6.07, 6.45) is 5.31. The summed E-state index contributed by atoms with van der Waals surface area (Å²) >= 11 is 0. The molecule has 0 aliphatic carbocycles. The lowest BCUT2D eigenvalue weighted by atomic mass is 9.85. The summed E-state index contributed by atoms with van der Waals surface area (Å²) < 4.78 is 13.4. The van der Waals surface area contributed by atoms with Crippen LogP contribution in [0.15, 0.2) is 18.5 Å². The first-order valence-electron chi connectivity index (χ1n) is 6.77. The van der Waals surface area contributed by atoms with Crippen LogP contribution in [0, 0.1) is 17.7 Å².